The number of carbonyl (C=O) groups excluding carboxylic acids is 1. The van der Waals surface area contributed by atoms with Crippen molar-refractivity contribution in [3.63, 3.8) is 0 Å². The van der Waals surface area contributed by atoms with Crippen molar-refractivity contribution in [2.45, 2.75) is 12.5 Å². The van der Waals surface area contributed by atoms with Gasteiger partial charge in [0.15, 0.2) is 0 Å². The zero-order valence-corrected chi connectivity index (χ0v) is 17.6. The molecule has 0 aliphatic rings. The first kappa shape index (κ1) is 20.9. The van der Waals surface area contributed by atoms with Gasteiger partial charge in [0.2, 0.25) is 0 Å². The van der Waals surface area contributed by atoms with Crippen LogP contribution in [0.2, 0.25) is 10.0 Å². The zero-order valence-electron chi connectivity index (χ0n) is 16.1. The minimum atomic E-state index is -1.16. The average Bonchev–Trinajstić information content (AvgIpc) is 3.18. The molecule has 0 aliphatic heterocycles. The Morgan fingerprint density at radius 3 is 2.39 bits per heavy atom. The zero-order chi connectivity index (χ0) is 22.0. The minimum Gasteiger partial charge on any atom is -0.480 e. The van der Waals surface area contributed by atoms with Gasteiger partial charge in [-0.05, 0) is 17.2 Å². The third-order valence-electron chi connectivity index (χ3n) is 4.98. The van der Waals surface area contributed by atoms with Crippen LogP contribution in [-0.4, -0.2) is 33.0 Å². The van der Waals surface area contributed by atoms with E-state index in [1.165, 1.54) is 12.4 Å². The SMILES string of the molecule is O=C(N[C@@H](Cc1ccc(-c2c[nH]c3ccccc23)cc1)C(=O)O)c1c(Cl)cncc1Cl. The highest BCUT2D eigenvalue weighted by molar-refractivity contribution is 6.39. The van der Waals surface area contributed by atoms with Gasteiger partial charge in [0.05, 0.1) is 15.6 Å². The van der Waals surface area contributed by atoms with Gasteiger partial charge in [0.1, 0.15) is 6.04 Å². The van der Waals surface area contributed by atoms with E-state index < -0.39 is 17.9 Å². The molecule has 2 aromatic heterocycles. The van der Waals surface area contributed by atoms with E-state index >= 15 is 0 Å². The van der Waals surface area contributed by atoms with Crippen LogP contribution in [0.4, 0.5) is 0 Å². The number of aliphatic carboxylic acids is 1. The first-order valence-corrected chi connectivity index (χ1v) is 10.2. The fourth-order valence-electron chi connectivity index (χ4n) is 3.43. The lowest BCUT2D eigenvalue weighted by molar-refractivity contribution is -0.139. The molecule has 0 bridgehead atoms. The Hall–Kier alpha value is -3.35. The number of halogens is 2. The molecule has 0 aliphatic carbocycles. The molecule has 0 radical (unpaired) electrons. The summed E-state index contributed by atoms with van der Waals surface area (Å²) >= 11 is 12.0. The second kappa shape index (κ2) is 8.79. The standard InChI is InChI=1S/C23H17Cl2N3O3/c24-17-11-26-12-18(25)21(17)22(29)28-20(23(30)31)9-13-5-7-14(8-6-13)16-10-27-19-4-2-1-3-15(16)19/h1-8,10-12,20,27H,9H2,(H,28,29)(H,30,31)/t20-/m0/s1. The number of nitrogens with one attached hydrogen (secondary N) is 2. The highest BCUT2D eigenvalue weighted by atomic mass is 35.5. The van der Waals surface area contributed by atoms with Crippen LogP contribution >= 0.6 is 23.2 Å². The Morgan fingerprint density at radius 1 is 1.03 bits per heavy atom. The first-order valence-electron chi connectivity index (χ1n) is 9.42. The second-order valence-electron chi connectivity index (χ2n) is 6.99. The summed E-state index contributed by atoms with van der Waals surface area (Å²) < 4.78 is 0. The summed E-state index contributed by atoms with van der Waals surface area (Å²) in [5.74, 6) is -1.82. The molecular weight excluding hydrogens is 437 g/mol. The lowest BCUT2D eigenvalue weighted by atomic mass is 10.00. The number of nitrogens with zero attached hydrogens (tertiary/aromatic N) is 1. The molecule has 4 rings (SSSR count). The van der Waals surface area contributed by atoms with Gasteiger partial charge in [-0.15, -0.1) is 0 Å². The van der Waals surface area contributed by atoms with E-state index in [1.54, 1.807) is 0 Å². The molecular formula is C23H17Cl2N3O3. The summed E-state index contributed by atoms with van der Waals surface area (Å²) in [7, 11) is 0. The molecule has 4 aromatic rings. The molecule has 2 heterocycles. The van der Waals surface area contributed by atoms with Gasteiger partial charge >= 0.3 is 5.97 Å². The van der Waals surface area contributed by atoms with Crippen LogP contribution in [-0.2, 0) is 11.2 Å². The normalized spacial score (nSPS) is 11.9. The summed E-state index contributed by atoms with van der Waals surface area (Å²) in [5.41, 5.74) is 3.88. The molecule has 0 fully saturated rings. The number of amides is 1. The Kier molecular flexibility index (Phi) is 5.93. The number of hydrogen-bond acceptors (Lipinski definition) is 3. The van der Waals surface area contributed by atoms with Crippen molar-refractivity contribution in [2.24, 2.45) is 0 Å². The number of rotatable bonds is 6. The summed E-state index contributed by atoms with van der Waals surface area (Å²) in [4.78, 5) is 31.3. The number of aromatic amines is 1. The Bertz CT molecular complexity index is 1250. The Morgan fingerprint density at radius 2 is 1.71 bits per heavy atom. The number of benzene rings is 2. The molecule has 0 unspecified atom stereocenters. The molecule has 8 heteroatoms. The fourth-order valence-corrected chi connectivity index (χ4v) is 3.96. The van der Waals surface area contributed by atoms with Gasteiger partial charge in [-0.1, -0.05) is 65.7 Å². The summed E-state index contributed by atoms with van der Waals surface area (Å²) in [6.07, 6.45) is 4.61. The van der Waals surface area contributed by atoms with Crippen molar-refractivity contribution in [3.05, 3.63) is 88.3 Å². The van der Waals surface area contributed by atoms with Crippen molar-refractivity contribution < 1.29 is 14.7 Å². The van der Waals surface area contributed by atoms with Crippen LogP contribution in [0.5, 0.6) is 0 Å². The van der Waals surface area contributed by atoms with Crippen LogP contribution in [0.15, 0.2) is 67.1 Å². The lowest BCUT2D eigenvalue weighted by Crippen LogP contribution is -2.42. The molecule has 1 amide bonds. The van der Waals surface area contributed by atoms with Crippen molar-refractivity contribution in [1.29, 1.82) is 0 Å². The van der Waals surface area contributed by atoms with Crippen LogP contribution in [0.25, 0.3) is 22.0 Å². The predicted molar refractivity (Wildman–Crippen MR) is 121 cm³/mol. The number of carboxylic acids is 1. The minimum absolute atomic E-state index is 0.000679. The fraction of sp³-hybridized carbons (Fsp3) is 0.0870. The highest BCUT2D eigenvalue weighted by Crippen LogP contribution is 2.29. The molecule has 0 saturated carbocycles. The molecule has 3 N–H and O–H groups in total. The summed E-state index contributed by atoms with van der Waals surface area (Å²) in [6, 6.07) is 14.4. The number of aromatic nitrogens is 2. The molecule has 6 nitrogen and oxygen atoms in total. The van der Waals surface area contributed by atoms with Gasteiger partial charge in [-0.2, -0.15) is 0 Å². The number of carboxylic acid groups (broad SMARTS) is 1. The number of para-hydroxylation sites is 1. The summed E-state index contributed by atoms with van der Waals surface area (Å²) in [5, 5.41) is 13.3. The van der Waals surface area contributed by atoms with E-state index in [9.17, 15) is 14.7 Å². The van der Waals surface area contributed by atoms with Crippen molar-refractivity contribution in [1.82, 2.24) is 15.3 Å². The molecule has 0 saturated heterocycles. The molecule has 156 valence electrons. The summed E-state index contributed by atoms with van der Waals surface area (Å²) in [6.45, 7) is 0. The number of pyridine rings is 1. The quantitative estimate of drug-likeness (QED) is 0.384. The monoisotopic (exact) mass is 453 g/mol. The first-order chi connectivity index (χ1) is 14.9. The average molecular weight is 454 g/mol. The van der Waals surface area contributed by atoms with Gasteiger partial charge in [0, 0.05) is 41.5 Å². The largest absolute Gasteiger partial charge is 0.480 e. The number of fused-ring (bicyclic) bond motifs is 1. The van der Waals surface area contributed by atoms with Gasteiger partial charge in [-0.3, -0.25) is 9.78 Å². The van der Waals surface area contributed by atoms with E-state index in [2.05, 4.69) is 15.3 Å². The van der Waals surface area contributed by atoms with Crippen molar-refractivity contribution >= 4 is 46.0 Å². The Labute approximate surface area is 187 Å². The smallest absolute Gasteiger partial charge is 0.326 e. The maximum absolute atomic E-state index is 12.6. The van der Waals surface area contributed by atoms with Gasteiger partial charge in [-0.25, -0.2) is 4.79 Å². The number of hydrogen-bond donors (Lipinski definition) is 3. The van der Waals surface area contributed by atoms with E-state index in [4.69, 9.17) is 23.2 Å². The van der Waals surface area contributed by atoms with E-state index in [0.29, 0.717) is 0 Å². The second-order valence-corrected chi connectivity index (χ2v) is 7.81. The third kappa shape index (κ3) is 4.40. The number of H-pyrrole nitrogens is 1. The van der Waals surface area contributed by atoms with Crippen LogP contribution in [0.3, 0.4) is 0 Å². The highest BCUT2D eigenvalue weighted by Gasteiger charge is 2.24. The topological polar surface area (TPSA) is 95.1 Å². The molecule has 2 aromatic carbocycles. The van der Waals surface area contributed by atoms with Crippen LogP contribution in [0, 0.1) is 0 Å². The maximum atomic E-state index is 12.6. The predicted octanol–water partition coefficient (Wildman–Crippen LogP) is 4.96. The van der Waals surface area contributed by atoms with Crippen LogP contribution < -0.4 is 5.32 Å². The third-order valence-corrected chi connectivity index (χ3v) is 5.55. The molecule has 1 atom stereocenters. The molecule has 0 spiro atoms. The van der Waals surface area contributed by atoms with Gasteiger partial charge in [0.25, 0.3) is 5.91 Å². The van der Waals surface area contributed by atoms with Crippen molar-refractivity contribution in [3.8, 4) is 11.1 Å². The van der Waals surface area contributed by atoms with Crippen LogP contribution in [0.1, 0.15) is 15.9 Å². The van der Waals surface area contributed by atoms with E-state index in [0.717, 1.165) is 27.6 Å². The Balaban J connectivity index is 1.52. The van der Waals surface area contributed by atoms with Crippen molar-refractivity contribution in [2.75, 3.05) is 0 Å². The van der Waals surface area contributed by atoms with E-state index in [1.807, 2.05) is 54.7 Å². The van der Waals surface area contributed by atoms with E-state index in [-0.39, 0.29) is 22.0 Å². The lowest BCUT2D eigenvalue weighted by Gasteiger charge is -2.16. The maximum Gasteiger partial charge on any atom is 0.326 e. The molecule has 31 heavy (non-hydrogen) atoms. The number of carbonyl (C=O) groups is 2. The van der Waals surface area contributed by atoms with Gasteiger partial charge < -0.3 is 15.4 Å².